The van der Waals surface area contributed by atoms with Crippen molar-refractivity contribution in [3.8, 4) is 0 Å². The molecule has 0 bridgehead atoms. The maximum atomic E-state index is 12.3. The third-order valence-electron chi connectivity index (χ3n) is 4.47. The van der Waals surface area contributed by atoms with E-state index in [0.29, 0.717) is 12.1 Å². The largest absolute Gasteiger partial charge is 0.341 e. The molecule has 6 nitrogen and oxygen atoms in total. The number of carbonyl (C=O) groups excluding carboxylic acids is 2. The van der Waals surface area contributed by atoms with Crippen molar-refractivity contribution >= 4 is 27.3 Å². The van der Waals surface area contributed by atoms with Crippen LogP contribution in [0.15, 0.2) is 24.3 Å². The van der Waals surface area contributed by atoms with Gasteiger partial charge >= 0.3 is 0 Å². The van der Waals surface area contributed by atoms with Crippen LogP contribution in [0, 0.1) is 0 Å². The Hall–Kier alpha value is -1.89. The molecule has 0 saturated carbocycles. The van der Waals surface area contributed by atoms with Crippen LogP contribution in [0.4, 0.5) is 5.69 Å². The summed E-state index contributed by atoms with van der Waals surface area (Å²) in [6, 6.07) is 7.17. The Kier molecular flexibility index (Phi) is 5.56. The van der Waals surface area contributed by atoms with Crippen LogP contribution in [-0.2, 0) is 24.8 Å². The molecule has 25 heavy (non-hydrogen) atoms. The zero-order chi connectivity index (χ0) is 18.8. The quantitative estimate of drug-likeness (QED) is 0.826. The van der Waals surface area contributed by atoms with E-state index in [-0.39, 0.29) is 35.3 Å². The lowest BCUT2D eigenvalue weighted by atomic mass is 9.86. The van der Waals surface area contributed by atoms with E-state index in [1.54, 1.807) is 7.05 Å². The number of nitrogens with one attached hydrogen (secondary N) is 1. The molecule has 1 aromatic carbocycles. The molecule has 1 unspecified atom stereocenters. The highest BCUT2D eigenvalue weighted by Gasteiger charge is 2.33. The number of hydrogen-bond acceptors (Lipinski definition) is 4. The van der Waals surface area contributed by atoms with Gasteiger partial charge in [-0.05, 0) is 23.5 Å². The van der Waals surface area contributed by atoms with Crippen molar-refractivity contribution in [1.29, 1.82) is 0 Å². The van der Waals surface area contributed by atoms with E-state index in [4.69, 9.17) is 0 Å². The number of sulfone groups is 1. The molecule has 1 atom stereocenters. The summed E-state index contributed by atoms with van der Waals surface area (Å²) in [5, 5.41) is 2.81. The summed E-state index contributed by atoms with van der Waals surface area (Å²) in [6.07, 6.45) is 0.130. The topological polar surface area (TPSA) is 83.6 Å². The monoisotopic (exact) mass is 366 g/mol. The van der Waals surface area contributed by atoms with Gasteiger partial charge in [-0.1, -0.05) is 39.0 Å². The first-order valence-corrected chi connectivity index (χ1v) is 10.2. The number of benzene rings is 1. The van der Waals surface area contributed by atoms with Gasteiger partial charge in [0.1, 0.15) is 6.42 Å². The molecular formula is C18H26N2O4S. The van der Waals surface area contributed by atoms with Gasteiger partial charge in [-0.25, -0.2) is 8.42 Å². The van der Waals surface area contributed by atoms with E-state index in [1.165, 1.54) is 4.90 Å². The molecule has 1 aliphatic heterocycles. The van der Waals surface area contributed by atoms with E-state index in [1.807, 2.05) is 24.3 Å². The molecule has 138 valence electrons. The smallest absolute Gasteiger partial charge is 0.233 e. The van der Waals surface area contributed by atoms with E-state index in [2.05, 4.69) is 26.1 Å². The molecule has 2 rings (SSSR count). The first-order chi connectivity index (χ1) is 11.5. The minimum Gasteiger partial charge on any atom is -0.341 e. The number of carbonyl (C=O) groups is 2. The third-order valence-corrected chi connectivity index (χ3v) is 6.22. The Bertz CT molecular complexity index is 766. The number of para-hydroxylation sites is 1. The summed E-state index contributed by atoms with van der Waals surface area (Å²) in [5.41, 5.74) is 1.55. The molecule has 1 fully saturated rings. The summed E-state index contributed by atoms with van der Waals surface area (Å²) in [7, 11) is -1.51. The van der Waals surface area contributed by atoms with Gasteiger partial charge in [0, 0.05) is 18.8 Å². The summed E-state index contributed by atoms with van der Waals surface area (Å²) in [4.78, 5) is 26.0. The Morgan fingerprint density at radius 1 is 1.24 bits per heavy atom. The van der Waals surface area contributed by atoms with Gasteiger partial charge in [0.15, 0.2) is 9.84 Å². The molecular weight excluding hydrogens is 340 g/mol. The second kappa shape index (κ2) is 7.15. The molecule has 1 aromatic rings. The van der Waals surface area contributed by atoms with Crippen LogP contribution in [0.25, 0.3) is 0 Å². The summed E-state index contributed by atoms with van der Waals surface area (Å²) in [5.74, 6) is -0.688. The average Bonchev–Trinajstić information content (AvgIpc) is 2.85. The molecule has 1 saturated heterocycles. The van der Waals surface area contributed by atoms with Gasteiger partial charge in [0.2, 0.25) is 11.8 Å². The van der Waals surface area contributed by atoms with Crippen LogP contribution >= 0.6 is 0 Å². The standard InChI is InChI=1S/C18H26N2O4S/c1-18(2,3)14-7-5-6-8-15(14)19-16(21)11-17(22)20(4)13-9-10-25(23,24)12-13/h5-8,13H,9-12H2,1-4H3,(H,19,21). The summed E-state index contributed by atoms with van der Waals surface area (Å²) >= 11 is 0. The second-order valence-electron chi connectivity index (χ2n) is 7.58. The number of anilines is 1. The number of rotatable bonds is 4. The maximum absolute atomic E-state index is 12.3. The van der Waals surface area contributed by atoms with Crippen LogP contribution in [0.1, 0.15) is 39.2 Å². The van der Waals surface area contributed by atoms with E-state index in [9.17, 15) is 18.0 Å². The van der Waals surface area contributed by atoms with Crippen molar-refractivity contribution < 1.29 is 18.0 Å². The normalized spacial score (nSPS) is 19.4. The maximum Gasteiger partial charge on any atom is 0.233 e. The van der Waals surface area contributed by atoms with E-state index < -0.39 is 15.7 Å². The van der Waals surface area contributed by atoms with E-state index in [0.717, 1.165) is 5.56 Å². The molecule has 0 aliphatic carbocycles. The second-order valence-corrected chi connectivity index (χ2v) is 9.81. The van der Waals surface area contributed by atoms with Crippen molar-refractivity contribution in [2.24, 2.45) is 0 Å². The highest BCUT2D eigenvalue weighted by molar-refractivity contribution is 7.91. The lowest BCUT2D eigenvalue weighted by molar-refractivity contribution is -0.134. The van der Waals surface area contributed by atoms with Gasteiger partial charge in [-0.3, -0.25) is 9.59 Å². The molecule has 2 amide bonds. The predicted octanol–water partition coefficient (Wildman–Crippen LogP) is 1.96. The van der Waals surface area contributed by atoms with Crippen LogP contribution in [0.3, 0.4) is 0 Å². The van der Waals surface area contributed by atoms with Gasteiger partial charge in [-0.15, -0.1) is 0 Å². The minimum atomic E-state index is -3.07. The fourth-order valence-electron chi connectivity index (χ4n) is 2.99. The molecule has 0 radical (unpaired) electrons. The number of amides is 2. The van der Waals surface area contributed by atoms with Crippen molar-refractivity contribution in [2.75, 3.05) is 23.9 Å². The fourth-order valence-corrected chi connectivity index (χ4v) is 4.76. The van der Waals surface area contributed by atoms with Crippen molar-refractivity contribution in [3.63, 3.8) is 0 Å². The third kappa shape index (κ3) is 5.04. The van der Waals surface area contributed by atoms with Crippen molar-refractivity contribution in [1.82, 2.24) is 4.90 Å². The average molecular weight is 366 g/mol. The Balaban J connectivity index is 2.00. The van der Waals surface area contributed by atoms with Gasteiger partial charge in [-0.2, -0.15) is 0 Å². The van der Waals surface area contributed by atoms with Crippen LogP contribution in [0.5, 0.6) is 0 Å². The van der Waals surface area contributed by atoms with Gasteiger partial charge < -0.3 is 10.2 Å². The fraction of sp³-hybridized carbons (Fsp3) is 0.556. The van der Waals surface area contributed by atoms with E-state index >= 15 is 0 Å². The Morgan fingerprint density at radius 2 is 1.88 bits per heavy atom. The zero-order valence-electron chi connectivity index (χ0n) is 15.2. The molecule has 1 heterocycles. The first kappa shape index (κ1) is 19.4. The van der Waals surface area contributed by atoms with Crippen molar-refractivity contribution in [3.05, 3.63) is 29.8 Å². The highest BCUT2D eigenvalue weighted by atomic mass is 32.2. The van der Waals surface area contributed by atoms with Crippen LogP contribution in [0.2, 0.25) is 0 Å². The summed E-state index contributed by atoms with van der Waals surface area (Å²) in [6.45, 7) is 6.16. The number of nitrogens with zero attached hydrogens (tertiary/aromatic N) is 1. The van der Waals surface area contributed by atoms with Crippen LogP contribution in [-0.4, -0.2) is 49.7 Å². The van der Waals surface area contributed by atoms with Crippen molar-refractivity contribution in [2.45, 2.75) is 45.1 Å². The summed E-state index contributed by atoms with van der Waals surface area (Å²) < 4.78 is 23.1. The van der Waals surface area contributed by atoms with Gasteiger partial charge in [0.05, 0.1) is 11.5 Å². The lowest BCUT2D eigenvalue weighted by Crippen LogP contribution is -2.39. The Labute approximate surface area is 149 Å². The Morgan fingerprint density at radius 3 is 2.44 bits per heavy atom. The lowest BCUT2D eigenvalue weighted by Gasteiger charge is -2.24. The molecule has 1 N–H and O–H groups in total. The zero-order valence-corrected chi connectivity index (χ0v) is 16.0. The molecule has 7 heteroatoms. The number of hydrogen-bond donors (Lipinski definition) is 1. The molecule has 0 spiro atoms. The SMILES string of the molecule is CN(C(=O)CC(=O)Nc1ccccc1C(C)(C)C)C1CCS(=O)(=O)C1. The predicted molar refractivity (Wildman–Crippen MR) is 98.2 cm³/mol. The molecule has 1 aliphatic rings. The first-order valence-electron chi connectivity index (χ1n) is 8.35. The highest BCUT2D eigenvalue weighted by Crippen LogP contribution is 2.29. The minimum absolute atomic E-state index is 0.0241. The molecule has 0 aromatic heterocycles. The van der Waals surface area contributed by atoms with Crippen LogP contribution < -0.4 is 5.32 Å². The van der Waals surface area contributed by atoms with Gasteiger partial charge in [0.25, 0.3) is 0 Å².